The maximum absolute atomic E-state index is 12.1. The Kier molecular flexibility index (Phi) is 3.97. The van der Waals surface area contributed by atoms with Gasteiger partial charge in [-0.3, -0.25) is 14.9 Å². The summed E-state index contributed by atoms with van der Waals surface area (Å²) in [6, 6.07) is 6.84. The van der Waals surface area contributed by atoms with Gasteiger partial charge in [-0.05, 0) is 32.4 Å². The lowest BCUT2D eigenvalue weighted by atomic mass is 9.97. The highest BCUT2D eigenvalue weighted by molar-refractivity contribution is 6.08. The van der Waals surface area contributed by atoms with Gasteiger partial charge in [0.05, 0.1) is 0 Å². The lowest BCUT2D eigenvalue weighted by Gasteiger charge is -2.30. The van der Waals surface area contributed by atoms with E-state index < -0.39 is 11.6 Å². The highest BCUT2D eigenvalue weighted by Gasteiger charge is 2.48. The molecule has 1 aromatic rings. The quantitative estimate of drug-likeness (QED) is 0.827. The predicted molar refractivity (Wildman–Crippen MR) is 78.7 cm³/mol. The lowest BCUT2D eigenvalue weighted by molar-refractivity contribution is -0.127. The van der Waals surface area contributed by atoms with Crippen molar-refractivity contribution < 1.29 is 14.4 Å². The number of amides is 4. The summed E-state index contributed by atoms with van der Waals surface area (Å²) < 4.78 is 0. The number of hydrogen-bond donors (Lipinski definition) is 2. The zero-order valence-corrected chi connectivity index (χ0v) is 12.4. The van der Waals surface area contributed by atoms with E-state index in [0.29, 0.717) is 12.1 Å². The first-order valence-electron chi connectivity index (χ1n) is 6.86. The third-order valence-corrected chi connectivity index (χ3v) is 3.88. The number of rotatable bonds is 4. The fourth-order valence-electron chi connectivity index (χ4n) is 2.22. The molecule has 2 rings (SSSR count). The van der Waals surface area contributed by atoms with Gasteiger partial charge in [-0.15, -0.1) is 0 Å². The Balaban J connectivity index is 2.06. The van der Waals surface area contributed by atoms with Gasteiger partial charge in [0.15, 0.2) is 0 Å². The Hall–Kier alpha value is -2.37. The summed E-state index contributed by atoms with van der Waals surface area (Å²) >= 11 is 0. The van der Waals surface area contributed by atoms with Crippen LogP contribution in [-0.2, 0) is 9.59 Å². The van der Waals surface area contributed by atoms with E-state index in [0.717, 1.165) is 5.56 Å². The zero-order valence-electron chi connectivity index (χ0n) is 12.4. The predicted octanol–water partition coefficient (Wildman–Crippen LogP) is 1.65. The lowest BCUT2D eigenvalue weighted by Crippen LogP contribution is -2.49. The summed E-state index contributed by atoms with van der Waals surface area (Å²) in [6.45, 7) is 5.27. The minimum atomic E-state index is -0.971. The molecule has 0 saturated carbocycles. The van der Waals surface area contributed by atoms with Crippen molar-refractivity contribution in [2.75, 3.05) is 11.9 Å². The minimum absolute atomic E-state index is 0.157. The van der Waals surface area contributed by atoms with Gasteiger partial charge in [-0.2, -0.15) is 0 Å². The number of urea groups is 1. The Labute approximate surface area is 123 Å². The number of hydrogen-bond acceptors (Lipinski definition) is 3. The molecule has 1 aliphatic rings. The number of nitrogens with zero attached hydrogens (tertiary/aromatic N) is 1. The molecule has 0 radical (unpaired) electrons. The first-order valence-corrected chi connectivity index (χ1v) is 6.86. The Morgan fingerprint density at radius 1 is 1.29 bits per heavy atom. The molecule has 0 aromatic heterocycles. The standard InChI is InChI=1S/C15H19N3O3/c1-4-15(3)13(20)17-14(21)18(15)9-12(19)16-11-7-5-10(2)6-8-11/h5-8H,4,9H2,1-3H3,(H,16,19)(H,17,20,21). The number of carbonyl (C=O) groups excluding carboxylic acids is 3. The van der Waals surface area contributed by atoms with E-state index in [2.05, 4.69) is 10.6 Å². The number of imide groups is 1. The second kappa shape index (κ2) is 5.55. The summed E-state index contributed by atoms with van der Waals surface area (Å²) in [7, 11) is 0. The van der Waals surface area contributed by atoms with Crippen LogP contribution in [0.15, 0.2) is 24.3 Å². The first kappa shape index (κ1) is 15.0. The molecular weight excluding hydrogens is 270 g/mol. The molecule has 6 nitrogen and oxygen atoms in total. The monoisotopic (exact) mass is 289 g/mol. The third-order valence-electron chi connectivity index (χ3n) is 3.88. The van der Waals surface area contributed by atoms with Gasteiger partial charge >= 0.3 is 6.03 Å². The SMILES string of the molecule is CCC1(C)C(=O)NC(=O)N1CC(=O)Nc1ccc(C)cc1. The van der Waals surface area contributed by atoms with Crippen molar-refractivity contribution >= 4 is 23.5 Å². The van der Waals surface area contributed by atoms with E-state index in [-0.39, 0.29) is 18.4 Å². The first-order chi connectivity index (χ1) is 9.86. The number of carbonyl (C=O) groups is 3. The van der Waals surface area contributed by atoms with Crippen LogP contribution in [0, 0.1) is 6.92 Å². The molecule has 0 bridgehead atoms. The topological polar surface area (TPSA) is 78.5 Å². The second-order valence-corrected chi connectivity index (χ2v) is 5.39. The van der Waals surface area contributed by atoms with Crippen molar-refractivity contribution in [3.05, 3.63) is 29.8 Å². The molecule has 1 unspecified atom stereocenters. The minimum Gasteiger partial charge on any atom is -0.325 e. The van der Waals surface area contributed by atoms with E-state index in [1.165, 1.54) is 4.90 Å². The largest absolute Gasteiger partial charge is 0.325 e. The maximum atomic E-state index is 12.1. The molecule has 2 N–H and O–H groups in total. The van der Waals surface area contributed by atoms with Gasteiger partial charge in [-0.25, -0.2) is 4.79 Å². The Morgan fingerprint density at radius 2 is 1.90 bits per heavy atom. The number of benzene rings is 1. The molecule has 0 aliphatic carbocycles. The molecule has 1 aliphatic heterocycles. The normalized spacial score (nSPS) is 21.4. The second-order valence-electron chi connectivity index (χ2n) is 5.39. The van der Waals surface area contributed by atoms with E-state index in [1.54, 1.807) is 19.1 Å². The van der Waals surface area contributed by atoms with Crippen molar-refractivity contribution in [1.29, 1.82) is 0 Å². The van der Waals surface area contributed by atoms with Gasteiger partial charge in [0.1, 0.15) is 12.1 Å². The fourth-order valence-corrected chi connectivity index (χ4v) is 2.22. The Morgan fingerprint density at radius 3 is 2.48 bits per heavy atom. The van der Waals surface area contributed by atoms with Crippen LogP contribution < -0.4 is 10.6 Å². The molecule has 112 valence electrons. The molecule has 4 amide bonds. The molecule has 1 saturated heterocycles. The number of aryl methyl sites for hydroxylation is 1. The van der Waals surface area contributed by atoms with E-state index in [1.807, 2.05) is 26.0 Å². The summed E-state index contributed by atoms with van der Waals surface area (Å²) in [6.07, 6.45) is 0.447. The van der Waals surface area contributed by atoms with Crippen LogP contribution in [0.4, 0.5) is 10.5 Å². The summed E-state index contributed by atoms with van der Waals surface area (Å²) in [4.78, 5) is 37.0. The van der Waals surface area contributed by atoms with E-state index in [4.69, 9.17) is 0 Å². The van der Waals surface area contributed by atoms with Crippen LogP contribution in [0.2, 0.25) is 0 Å². The highest BCUT2D eigenvalue weighted by Crippen LogP contribution is 2.24. The van der Waals surface area contributed by atoms with E-state index in [9.17, 15) is 14.4 Å². The van der Waals surface area contributed by atoms with Gasteiger partial charge in [0.25, 0.3) is 5.91 Å². The fraction of sp³-hybridized carbons (Fsp3) is 0.400. The highest BCUT2D eigenvalue weighted by atomic mass is 16.2. The summed E-state index contributed by atoms with van der Waals surface area (Å²) in [5.41, 5.74) is 0.785. The number of nitrogens with one attached hydrogen (secondary N) is 2. The van der Waals surface area contributed by atoms with Crippen molar-refractivity contribution in [3.8, 4) is 0 Å². The van der Waals surface area contributed by atoms with Crippen LogP contribution in [0.3, 0.4) is 0 Å². The van der Waals surface area contributed by atoms with Gasteiger partial charge in [0.2, 0.25) is 5.91 Å². The van der Waals surface area contributed by atoms with Gasteiger partial charge in [-0.1, -0.05) is 24.6 Å². The molecule has 21 heavy (non-hydrogen) atoms. The van der Waals surface area contributed by atoms with Crippen molar-refractivity contribution in [3.63, 3.8) is 0 Å². The van der Waals surface area contributed by atoms with Crippen LogP contribution in [0.1, 0.15) is 25.8 Å². The van der Waals surface area contributed by atoms with Crippen LogP contribution in [0.25, 0.3) is 0 Å². The maximum Gasteiger partial charge on any atom is 0.325 e. The molecule has 1 aromatic carbocycles. The van der Waals surface area contributed by atoms with Gasteiger partial charge in [0, 0.05) is 5.69 Å². The zero-order chi connectivity index (χ0) is 15.6. The van der Waals surface area contributed by atoms with E-state index >= 15 is 0 Å². The Bertz CT molecular complexity index is 582. The third kappa shape index (κ3) is 2.89. The average molecular weight is 289 g/mol. The smallest absolute Gasteiger partial charge is 0.325 e. The average Bonchev–Trinajstić information content (AvgIpc) is 2.65. The molecule has 1 fully saturated rings. The number of anilines is 1. The van der Waals surface area contributed by atoms with Crippen molar-refractivity contribution in [1.82, 2.24) is 10.2 Å². The van der Waals surface area contributed by atoms with Crippen molar-refractivity contribution in [2.24, 2.45) is 0 Å². The van der Waals surface area contributed by atoms with Crippen LogP contribution in [-0.4, -0.2) is 34.8 Å². The summed E-state index contributed by atoms with van der Waals surface area (Å²) in [5, 5.41) is 4.97. The summed E-state index contributed by atoms with van der Waals surface area (Å²) in [5.74, 6) is -0.693. The van der Waals surface area contributed by atoms with Crippen molar-refractivity contribution in [2.45, 2.75) is 32.7 Å². The molecule has 0 spiro atoms. The van der Waals surface area contributed by atoms with Gasteiger partial charge < -0.3 is 10.2 Å². The molecule has 1 atom stereocenters. The van der Waals surface area contributed by atoms with Crippen LogP contribution in [0.5, 0.6) is 0 Å². The molecule has 6 heteroatoms. The van der Waals surface area contributed by atoms with Crippen LogP contribution >= 0.6 is 0 Å². The molecular formula is C15H19N3O3. The molecule has 1 heterocycles.